The average Bonchev–Trinajstić information content (AvgIpc) is 2.34. The molecule has 19 heavy (non-hydrogen) atoms. The molecule has 0 aromatic carbocycles. The van der Waals surface area contributed by atoms with E-state index in [4.69, 9.17) is 14.6 Å². The van der Waals surface area contributed by atoms with Crippen LogP contribution in [0.5, 0.6) is 0 Å². The number of carbonyl (C=O) groups excluding carboxylic acids is 2. The molecule has 0 spiro atoms. The number of carbonyl (C=O) groups is 2. The van der Waals surface area contributed by atoms with Crippen molar-refractivity contribution in [1.29, 1.82) is 0 Å². The number of ether oxygens (including phenoxy) is 2. The van der Waals surface area contributed by atoms with Crippen LogP contribution in [-0.4, -0.2) is 35.4 Å². The fourth-order valence-corrected chi connectivity index (χ4v) is 1.53. The Kier molecular flexibility index (Phi) is 9.21. The summed E-state index contributed by atoms with van der Waals surface area (Å²) >= 11 is 0. The van der Waals surface area contributed by atoms with Gasteiger partial charge in [0.05, 0.1) is 6.10 Å². The predicted octanol–water partition coefficient (Wildman–Crippen LogP) is 2.20. The summed E-state index contributed by atoms with van der Waals surface area (Å²) in [4.78, 5) is 22.7. The topological polar surface area (TPSA) is 72.8 Å². The summed E-state index contributed by atoms with van der Waals surface area (Å²) in [5.74, 6) is -1.39. The van der Waals surface area contributed by atoms with Crippen molar-refractivity contribution >= 4 is 11.9 Å². The van der Waals surface area contributed by atoms with Crippen molar-refractivity contribution in [2.45, 2.75) is 78.1 Å². The van der Waals surface area contributed by atoms with Crippen molar-refractivity contribution in [3.05, 3.63) is 0 Å². The van der Waals surface area contributed by atoms with E-state index in [0.717, 1.165) is 19.3 Å². The largest absolute Gasteiger partial charge is 0.460 e. The molecule has 0 rings (SSSR count). The molecular formula is C14H26O5. The lowest BCUT2D eigenvalue weighted by atomic mass is 10.1. The summed E-state index contributed by atoms with van der Waals surface area (Å²) in [6.07, 6.45) is 2.90. The van der Waals surface area contributed by atoms with E-state index >= 15 is 0 Å². The van der Waals surface area contributed by atoms with Gasteiger partial charge in [0.1, 0.15) is 6.10 Å². The number of aliphatic hydroxyl groups excluding tert-OH is 1. The van der Waals surface area contributed by atoms with Gasteiger partial charge in [-0.3, -0.25) is 0 Å². The monoisotopic (exact) mass is 274 g/mol. The molecular weight excluding hydrogens is 248 g/mol. The van der Waals surface area contributed by atoms with E-state index in [1.54, 1.807) is 0 Å². The first-order chi connectivity index (χ1) is 8.88. The minimum Gasteiger partial charge on any atom is -0.460 e. The van der Waals surface area contributed by atoms with E-state index in [-0.39, 0.29) is 6.10 Å². The second-order valence-electron chi connectivity index (χ2n) is 4.85. The lowest BCUT2D eigenvalue weighted by molar-refractivity contribution is -0.174. The molecule has 1 N–H and O–H groups in total. The van der Waals surface area contributed by atoms with Crippen LogP contribution < -0.4 is 0 Å². The van der Waals surface area contributed by atoms with E-state index in [0.29, 0.717) is 0 Å². The molecule has 0 amide bonds. The highest BCUT2D eigenvalue weighted by Gasteiger charge is 2.23. The van der Waals surface area contributed by atoms with Gasteiger partial charge in [0.25, 0.3) is 0 Å². The number of hydrogen-bond acceptors (Lipinski definition) is 5. The van der Waals surface area contributed by atoms with Crippen molar-refractivity contribution in [2.75, 3.05) is 0 Å². The van der Waals surface area contributed by atoms with Gasteiger partial charge in [-0.15, -0.1) is 0 Å². The van der Waals surface area contributed by atoms with Crippen LogP contribution in [0.15, 0.2) is 0 Å². The number of unbranched alkanes of at least 4 members (excludes halogenated alkanes) is 3. The van der Waals surface area contributed by atoms with Gasteiger partial charge in [-0.05, 0) is 33.6 Å². The molecule has 0 radical (unpaired) electrons. The Labute approximate surface area is 115 Å². The third-order valence-electron chi connectivity index (χ3n) is 2.75. The predicted molar refractivity (Wildman–Crippen MR) is 71.5 cm³/mol. The smallest absolute Gasteiger partial charge is 0.347 e. The number of hydrogen-bond donors (Lipinski definition) is 1. The zero-order valence-electron chi connectivity index (χ0n) is 12.3. The van der Waals surface area contributed by atoms with Gasteiger partial charge in [0, 0.05) is 0 Å². The van der Waals surface area contributed by atoms with Crippen LogP contribution in [-0.2, 0) is 19.1 Å². The van der Waals surface area contributed by atoms with Gasteiger partial charge in [-0.1, -0.05) is 26.2 Å². The van der Waals surface area contributed by atoms with Gasteiger partial charge >= 0.3 is 11.9 Å². The summed E-state index contributed by atoms with van der Waals surface area (Å²) in [7, 11) is 0. The fourth-order valence-electron chi connectivity index (χ4n) is 1.53. The minimum absolute atomic E-state index is 0.183. The molecule has 3 atom stereocenters. The molecule has 0 bridgehead atoms. The first-order valence-electron chi connectivity index (χ1n) is 6.97. The van der Waals surface area contributed by atoms with Gasteiger partial charge in [-0.25, -0.2) is 9.59 Å². The molecule has 5 nitrogen and oxygen atoms in total. The van der Waals surface area contributed by atoms with Crippen LogP contribution in [0.1, 0.15) is 59.8 Å². The Balaban J connectivity index is 3.91. The van der Waals surface area contributed by atoms with Crippen LogP contribution in [0.25, 0.3) is 0 Å². The summed E-state index contributed by atoms with van der Waals surface area (Å²) < 4.78 is 9.93. The summed E-state index contributed by atoms with van der Waals surface area (Å²) in [5, 5.41) is 8.97. The maximum atomic E-state index is 11.6. The third-order valence-corrected chi connectivity index (χ3v) is 2.75. The maximum absolute atomic E-state index is 11.6. The van der Waals surface area contributed by atoms with Crippen molar-refractivity contribution in [1.82, 2.24) is 0 Å². The third kappa shape index (κ3) is 8.59. The van der Waals surface area contributed by atoms with Gasteiger partial charge < -0.3 is 14.6 Å². The summed E-state index contributed by atoms with van der Waals surface area (Å²) in [6, 6.07) is 0. The van der Waals surface area contributed by atoms with E-state index in [2.05, 4.69) is 6.92 Å². The lowest BCUT2D eigenvalue weighted by Crippen LogP contribution is -2.32. The van der Waals surface area contributed by atoms with E-state index in [1.807, 2.05) is 6.92 Å². The molecule has 0 heterocycles. The Hall–Kier alpha value is -1.10. The van der Waals surface area contributed by atoms with Crippen LogP contribution in [0, 0.1) is 0 Å². The van der Waals surface area contributed by atoms with Crippen molar-refractivity contribution < 1.29 is 24.2 Å². The maximum Gasteiger partial charge on any atom is 0.347 e. The normalized spacial score (nSPS) is 15.4. The quantitative estimate of drug-likeness (QED) is 0.515. The second kappa shape index (κ2) is 9.78. The molecule has 0 saturated heterocycles. The molecule has 0 aromatic heterocycles. The van der Waals surface area contributed by atoms with Gasteiger partial charge in [0.2, 0.25) is 0 Å². The zero-order valence-corrected chi connectivity index (χ0v) is 12.3. The van der Waals surface area contributed by atoms with E-state index < -0.39 is 24.1 Å². The molecule has 0 unspecified atom stereocenters. The van der Waals surface area contributed by atoms with E-state index in [9.17, 15) is 9.59 Å². The number of aliphatic hydroxyl groups is 1. The number of esters is 2. The fraction of sp³-hybridized carbons (Fsp3) is 0.857. The average molecular weight is 274 g/mol. The summed E-state index contributed by atoms with van der Waals surface area (Å²) in [6.45, 7) is 6.69. The SMILES string of the molecule is CCCCCC[C@@H](C)OC(=O)[C@@H](C)OC(=O)[C@@H](C)O. The van der Waals surface area contributed by atoms with Crippen LogP contribution in [0.2, 0.25) is 0 Å². The Morgan fingerprint density at radius 3 is 2.16 bits per heavy atom. The first kappa shape index (κ1) is 17.9. The first-order valence-corrected chi connectivity index (χ1v) is 6.97. The van der Waals surface area contributed by atoms with Crippen molar-refractivity contribution in [3.63, 3.8) is 0 Å². The van der Waals surface area contributed by atoms with Crippen LogP contribution in [0.3, 0.4) is 0 Å². The standard InChI is InChI=1S/C14H26O5/c1-5-6-7-8-9-10(2)18-14(17)12(4)19-13(16)11(3)15/h10-12,15H,5-9H2,1-4H3/t10-,11-,12-/m1/s1. The van der Waals surface area contributed by atoms with Crippen LogP contribution in [0.4, 0.5) is 0 Å². The Morgan fingerprint density at radius 2 is 1.63 bits per heavy atom. The summed E-state index contributed by atoms with van der Waals surface area (Å²) in [5.41, 5.74) is 0. The van der Waals surface area contributed by atoms with Crippen molar-refractivity contribution in [2.24, 2.45) is 0 Å². The zero-order chi connectivity index (χ0) is 14.8. The minimum atomic E-state index is -1.23. The molecule has 0 aliphatic rings. The number of rotatable bonds is 9. The highest BCUT2D eigenvalue weighted by atomic mass is 16.6. The van der Waals surface area contributed by atoms with E-state index in [1.165, 1.54) is 26.7 Å². The highest BCUT2D eigenvalue weighted by Crippen LogP contribution is 2.09. The lowest BCUT2D eigenvalue weighted by Gasteiger charge is -2.17. The molecule has 5 heteroatoms. The van der Waals surface area contributed by atoms with Crippen molar-refractivity contribution in [3.8, 4) is 0 Å². The molecule has 0 fully saturated rings. The Morgan fingerprint density at radius 1 is 1.00 bits per heavy atom. The molecule has 0 aromatic rings. The van der Waals surface area contributed by atoms with Crippen LogP contribution >= 0.6 is 0 Å². The highest BCUT2D eigenvalue weighted by molar-refractivity contribution is 5.80. The molecule has 112 valence electrons. The van der Waals surface area contributed by atoms with Gasteiger partial charge in [-0.2, -0.15) is 0 Å². The molecule has 0 aliphatic carbocycles. The Bertz CT molecular complexity index is 275. The van der Waals surface area contributed by atoms with Gasteiger partial charge in [0.15, 0.2) is 6.10 Å². The molecule has 0 saturated carbocycles. The second-order valence-corrected chi connectivity index (χ2v) is 4.85. The molecule has 0 aliphatic heterocycles.